The molecule has 0 unspecified atom stereocenters. The van der Waals surface area contributed by atoms with Gasteiger partial charge in [0.25, 0.3) is 0 Å². The number of anilines is 1. The van der Waals surface area contributed by atoms with Crippen LogP contribution in [0.25, 0.3) is 0 Å². The van der Waals surface area contributed by atoms with Gasteiger partial charge in [0, 0.05) is 11.3 Å². The molecule has 1 heterocycles. The number of hydrogen-bond acceptors (Lipinski definition) is 1. The summed E-state index contributed by atoms with van der Waals surface area (Å²) in [6.07, 6.45) is 0. The minimum absolute atomic E-state index is 0.0131. The standard InChI is InChI=1S/C21H17NO/c1-15-9-8-14-18-19(15)22-20(23)21(18,16-10-4-2-5-11-16)17-12-6-3-7-13-17/h2-14H,1H3,(H,22,23). The molecule has 0 saturated heterocycles. The first-order valence-corrected chi connectivity index (χ1v) is 7.77. The maximum Gasteiger partial charge on any atom is 0.244 e. The van der Waals surface area contributed by atoms with E-state index in [1.165, 1.54) is 0 Å². The van der Waals surface area contributed by atoms with Gasteiger partial charge in [-0.25, -0.2) is 0 Å². The third-order valence-electron chi connectivity index (χ3n) is 4.67. The van der Waals surface area contributed by atoms with E-state index in [9.17, 15) is 4.79 Å². The molecule has 1 N–H and O–H groups in total. The van der Waals surface area contributed by atoms with Crippen LogP contribution in [0.15, 0.2) is 78.9 Å². The van der Waals surface area contributed by atoms with E-state index in [0.29, 0.717) is 0 Å². The van der Waals surface area contributed by atoms with Crippen LogP contribution in [0.2, 0.25) is 0 Å². The van der Waals surface area contributed by atoms with Crippen molar-refractivity contribution in [2.24, 2.45) is 0 Å². The molecule has 0 bridgehead atoms. The van der Waals surface area contributed by atoms with E-state index in [-0.39, 0.29) is 5.91 Å². The Morgan fingerprint density at radius 3 is 1.87 bits per heavy atom. The first-order chi connectivity index (χ1) is 11.2. The van der Waals surface area contributed by atoms with Crippen LogP contribution in [0, 0.1) is 6.92 Å². The second-order valence-corrected chi connectivity index (χ2v) is 5.93. The number of hydrogen-bond donors (Lipinski definition) is 1. The molecule has 2 nitrogen and oxygen atoms in total. The second kappa shape index (κ2) is 5.10. The van der Waals surface area contributed by atoms with Crippen molar-refractivity contribution in [1.82, 2.24) is 0 Å². The maximum atomic E-state index is 13.2. The molecule has 4 rings (SSSR count). The fourth-order valence-electron chi connectivity index (χ4n) is 3.59. The van der Waals surface area contributed by atoms with Crippen LogP contribution in [0.5, 0.6) is 0 Å². The van der Waals surface area contributed by atoms with Gasteiger partial charge < -0.3 is 5.32 Å². The third-order valence-corrected chi connectivity index (χ3v) is 4.67. The number of para-hydroxylation sites is 1. The number of nitrogens with one attached hydrogen (secondary N) is 1. The molecule has 112 valence electrons. The highest BCUT2D eigenvalue weighted by atomic mass is 16.2. The molecule has 0 aliphatic carbocycles. The molecule has 2 heteroatoms. The second-order valence-electron chi connectivity index (χ2n) is 5.93. The highest BCUT2D eigenvalue weighted by Gasteiger charge is 2.49. The molecule has 3 aromatic carbocycles. The van der Waals surface area contributed by atoms with E-state index >= 15 is 0 Å². The van der Waals surface area contributed by atoms with E-state index in [1.54, 1.807) is 0 Å². The summed E-state index contributed by atoms with van der Waals surface area (Å²) in [4.78, 5) is 13.2. The summed E-state index contributed by atoms with van der Waals surface area (Å²) in [6.45, 7) is 2.03. The minimum Gasteiger partial charge on any atom is -0.324 e. The normalized spacial score (nSPS) is 15.1. The van der Waals surface area contributed by atoms with Gasteiger partial charge in [-0.15, -0.1) is 0 Å². The fraction of sp³-hybridized carbons (Fsp3) is 0.0952. The Labute approximate surface area is 135 Å². The largest absolute Gasteiger partial charge is 0.324 e. The van der Waals surface area contributed by atoms with Crippen LogP contribution >= 0.6 is 0 Å². The Morgan fingerprint density at radius 1 is 0.739 bits per heavy atom. The van der Waals surface area contributed by atoms with Crippen molar-refractivity contribution >= 4 is 11.6 Å². The molecule has 1 aliphatic heterocycles. The predicted molar refractivity (Wildman–Crippen MR) is 92.6 cm³/mol. The van der Waals surface area contributed by atoms with Gasteiger partial charge in [-0.05, 0) is 23.6 Å². The lowest BCUT2D eigenvalue weighted by Gasteiger charge is -2.29. The Balaban J connectivity index is 2.11. The monoisotopic (exact) mass is 299 g/mol. The summed E-state index contributed by atoms with van der Waals surface area (Å²) in [5.41, 5.74) is 4.25. The molecule has 0 spiro atoms. The van der Waals surface area contributed by atoms with Gasteiger partial charge in [0.1, 0.15) is 5.41 Å². The van der Waals surface area contributed by atoms with Gasteiger partial charge in [0.15, 0.2) is 0 Å². The zero-order valence-electron chi connectivity index (χ0n) is 12.9. The van der Waals surface area contributed by atoms with E-state index in [2.05, 4.69) is 11.4 Å². The zero-order chi connectivity index (χ0) is 15.9. The van der Waals surface area contributed by atoms with Crippen molar-refractivity contribution in [3.63, 3.8) is 0 Å². The topological polar surface area (TPSA) is 29.1 Å². The van der Waals surface area contributed by atoms with Crippen LogP contribution in [-0.4, -0.2) is 5.91 Å². The molecule has 3 aromatic rings. The van der Waals surface area contributed by atoms with E-state index in [4.69, 9.17) is 0 Å². The molecular formula is C21H17NO. The smallest absolute Gasteiger partial charge is 0.244 e. The predicted octanol–water partition coefficient (Wildman–Crippen LogP) is 4.28. The lowest BCUT2D eigenvalue weighted by molar-refractivity contribution is -0.118. The molecule has 23 heavy (non-hydrogen) atoms. The third kappa shape index (κ3) is 1.85. The summed E-state index contributed by atoms with van der Waals surface area (Å²) in [6, 6.07) is 26.1. The average Bonchev–Trinajstić information content (AvgIpc) is 2.91. The number of benzene rings is 3. The van der Waals surface area contributed by atoms with E-state index in [1.807, 2.05) is 79.7 Å². The first kappa shape index (κ1) is 13.8. The summed E-state index contributed by atoms with van der Waals surface area (Å²) < 4.78 is 0. The molecule has 0 atom stereocenters. The zero-order valence-corrected chi connectivity index (χ0v) is 12.9. The SMILES string of the molecule is Cc1cccc2c1NC(=O)C2(c1ccccc1)c1ccccc1. The summed E-state index contributed by atoms with van der Waals surface area (Å²) >= 11 is 0. The van der Waals surface area contributed by atoms with Gasteiger partial charge >= 0.3 is 0 Å². The van der Waals surface area contributed by atoms with Gasteiger partial charge in [0.2, 0.25) is 5.91 Å². The van der Waals surface area contributed by atoms with Crippen molar-refractivity contribution in [1.29, 1.82) is 0 Å². The van der Waals surface area contributed by atoms with Gasteiger partial charge in [-0.3, -0.25) is 4.79 Å². The Morgan fingerprint density at radius 2 is 1.30 bits per heavy atom. The minimum atomic E-state index is -0.788. The van der Waals surface area contributed by atoms with Crippen LogP contribution in [-0.2, 0) is 10.2 Å². The highest BCUT2D eigenvalue weighted by molar-refractivity contribution is 6.11. The first-order valence-electron chi connectivity index (χ1n) is 7.77. The molecule has 0 saturated carbocycles. The number of fused-ring (bicyclic) bond motifs is 1. The van der Waals surface area contributed by atoms with Crippen molar-refractivity contribution in [2.45, 2.75) is 12.3 Å². The summed E-state index contributed by atoms with van der Waals surface area (Å²) in [7, 11) is 0. The van der Waals surface area contributed by atoms with Gasteiger partial charge in [-0.2, -0.15) is 0 Å². The summed E-state index contributed by atoms with van der Waals surface area (Å²) in [5.74, 6) is 0.0131. The van der Waals surface area contributed by atoms with Crippen molar-refractivity contribution in [2.75, 3.05) is 5.32 Å². The van der Waals surface area contributed by atoms with Gasteiger partial charge in [-0.1, -0.05) is 78.9 Å². The molecule has 0 fully saturated rings. The highest BCUT2D eigenvalue weighted by Crippen LogP contribution is 2.48. The van der Waals surface area contributed by atoms with Crippen LogP contribution in [0.3, 0.4) is 0 Å². The fourth-order valence-corrected chi connectivity index (χ4v) is 3.59. The van der Waals surface area contributed by atoms with Crippen molar-refractivity contribution in [3.05, 3.63) is 101 Å². The van der Waals surface area contributed by atoms with Crippen LogP contribution in [0.4, 0.5) is 5.69 Å². The lowest BCUT2D eigenvalue weighted by Crippen LogP contribution is -2.36. The number of aryl methyl sites for hydroxylation is 1. The quantitative estimate of drug-likeness (QED) is 0.752. The number of carbonyl (C=O) groups is 1. The Kier molecular flexibility index (Phi) is 3.05. The van der Waals surface area contributed by atoms with Crippen molar-refractivity contribution in [3.8, 4) is 0 Å². The van der Waals surface area contributed by atoms with E-state index < -0.39 is 5.41 Å². The maximum absolute atomic E-state index is 13.2. The number of amides is 1. The molecule has 1 aliphatic rings. The molecule has 1 amide bonds. The van der Waals surface area contributed by atoms with Gasteiger partial charge in [0.05, 0.1) is 0 Å². The number of carbonyl (C=O) groups excluding carboxylic acids is 1. The van der Waals surface area contributed by atoms with E-state index in [0.717, 1.165) is 27.9 Å². The molecule has 0 aromatic heterocycles. The van der Waals surface area contributed by atoms with Crippen molar-refractivity contribution < 1.29 is 4.79 Å². The molecule has 0 radical (unpaired) electrons. The van der Waals surface area contributed by atoms with Crippen LogP contribution < -0.4 is 5.32 Å². The molecular weight excluding hydrogens is 282 g/mol. The Hall–Kier alpha value is -2.87. The lowest BCUT2D eigenvalue weighted by atomic mass is 9.70. The van der Waals surface area contributed by atoms with Crippen LogP contribution in [0.1, 0.15) is 22.3 Å². The number of rotatable bonds is 2. The average molecular weight is 299 g/mol. The summed E-state index contributed by atoms with van der Waals surface area (Å²) in [5, 5.41) is 3.11. The Bertz CT molecular complexity index is 829.